The number of carbonyl (C=O) groups excluding carboxylic acids is 1. The Morgan fingerprint density at radius 1 is 0.897 bits per heavy atom. The van der Waals surface area contributed by atoms with E-state index in [2.05, 4.69) is 21.6 Å². The maximum Gasteiger partial charge on any atom is 0.234 e. The van der Waals surface area contributed by atoms with Crippen LogP contribution in [0.5, 0.6) is 11.5 Å². The molecular formula is C29H19Cl2N5O2S. The second-order valence-corrected chi connectivity index (χ2v) is 10.0. The molecule has 7 nitrogen and oxygen atoms in total. The standard InChI is InChI=1S/C29H19Cl2N5O2S/c30-21-9-6-19(7-10-21)28-34-35-29(39-18-27(37)33-26-16-22(31)11-8-20(26)17-32)36(28)23-12-14-25(15-13-23)38-24-4-2-1-3-5-24/h1-16H,18H2,(H,33,37). The molecule has 0 aliphatic heterocycles. The number of ether oxygens (including phenoxy) is 1. The van der Waals surface area contributed by atoms with Crippen LogP contribution in [-0.2, 0) is 4.79 Å². The van der Waals surface area contributed by atoms with Gasteiger partial charge in [-0.1, -0.05) is 53.2 Å². The number of nitrogens with one attached hydrogen (secondary N) is 1. The number of amides is 1. The molecule has 0 radical (unpaired) electrons. The van der Waals surface area contributed by atoms with Gasteiger partial charge >= 0.3 is 0 Å². The van der Waals surface area contributed by atoms with Crippen LogP contribution in [0, 0.1) is 11.3 Å². The zero-order valence-corrected chi connectivity index (χ0v) is 22.5. The van der Waals surface area contributed by atoms with Gasteiger partial charge in [-0.2, -0.15) is 5.26 Å². The predicted octanol–water partition coefficient (Wildman–Crippen LogP) is 7.64. The highest BCUT2D eigenvalue weighted by molar-refractivity contribution is 7.99. The Kier molecular flexibility index (Phi) is 8.13. The molecule has 0 saturated carbocycles. The Labute approximate surface area is 239 Å². The molecule has 1 amide bonds. The molecule has 5 rings (SSSR count). The van der Waals surface area contributed by atoms with Crippen molar-refractivity contribution in [2.75, 3.05) is 11.1 Å². The lowest BCUT2D eigenvalue weighted by Crippen LogP contribution is -2.15. The third-order valence-electron chi connectivity index (χ3n) is 5.52. The zero-order valence-electron chi connectivity index (χ0n) is 20.2. The SMILES string of the molecule is N#Cc1ccc(Cl)cc1NC(=O)CSc1nnc(-c2ccc(Cl)cc2)n1-c1ccc(Oc2ccccc2)cc1. The number of hydrogen-bond donors (Lipinski definition) is 1. The van der Waals surface area contributed by atoms with Gasteiger partial charge in [0.25, 0.3) is 0 Å². The molecule has 4 aromatic carbocycles. The third-order valence-corrected chi connectivity index (χ3v) is 6.93. The van der Waals surface area contributed by atoms with Gasteiger partial charge in [0.1, 0.15) is 17.6 Å². The van der Waals surface area contributed by atoms with E-state index in [1.54, 1.807) is 30.3 Å². The second kappa shape index (κ2) is 12.0. The summed E-state index contributed by atoms with van der Waals surface area (Å²) >= 11 is 13.4. The van der Waals surface area contributed by atoms with Gasteiger partial charge in [-0.3, -0.25) is 9.36 Å². The molecule has 0 unspecified atom stereocenters. The minimum Gasteiger partial charge on any atom is -0.457 e. The summed E-state index contributed by atoms with van der Waals surface area (Å²) in [4.78, 5) is 12.8. The summed E-state index contributed by atoms with van der Waals surface area (Å²) in [5.74, 6) is 1.72. The van der Waals surface area contributed by atoms with Crippen molar-refractivity contribution in [1.82, 2.24) is 14.8 Å². The molecule has 0 fully saturated rings. The maximum absolute atomic E-state index is 12.8. The van der Waals surface area contributed by atoms with E-state index < -0.39 is 0 Å². The number of anilines is 1. The number of aromatic nitrogens is 3. The predicted molar refractivity (Wildman–Crippen MR) is 154 cm³/mol. The van der Waals surface area contributed by atoms with E-state index in [1.807, 2.05) is 71.3 Å². The highest BCUT2D eigenvalue weighted by Crippen LogP contribution is 2.31. The summed E-state index contributed by atoms with van der Waals surface area (Å²) < 4.78 is 7.79. The number of nitriles is 1. The quantitative estimate of drug-likeness (QED) is 0.192. The molecule has 1 heterocycles. The molecule has 0 saturated heterocycles. The molecule has 10 heteroatoms. The van der Waals surface area contributed by atoms with E-state index in [1.165, 1.54) is 11.8 Å². The normalized spacial score (nSPS) is 10.6. The van der Waals surface area contributed by atoms with Crippen LogP contribution in [-0.4, -0.2) is 26.4 Å². The fourth-order valence-electron chi connectivity index (χ4n) is 3.70. The molecule has 0 spiro atoms. The summed E-state index contributed by atoms with van der Waals surface area (Å²) in [5.41, 5.74) is 2.27. The van der Waals surface area contributed by atoms with Gasteiger partial charge in [0.05, 0.1) is 17.0 Å². The van der Waals surface area contributed by atoms with Crippen molar-refractivity contribution < 1.29 is 9.53 Å². The maximum atomic E-state index is 12.8. The van der Waals surface area contributed by atoms with Gasteiger partial charge < -0.3 is 10.1 Å². The molecule has 5 aromatic rings. The van der Waals surface area contributed by atoms with Crippen LogP contribution in [0.3, 0.4) is 0 Å². The first-order valence-corrected chi connectivity index (χ1v) is 13.4. The summed E-state index contributed by atoms with van der Waals surface area (Å²) in [6, 6.07) is 31.1. The average molecular weight is 572 g/mol. The van der Waals surface area contributed by atoms with Gasteiger partial charge in [0.2, 0.25) is 5.91 Å². The van der Waals surface area contributed by atoms with E-state index in [-0.39, 0.29) is 11.7 Å². The topological polar surface area (TPSA) is 92.8 Å². The number of thioether (sulfide) groups is 1. The Hall–Kier alpha value is -4.29. The van der Waals surface area contributed by atoms with Gasteiger partial charge in [0.15, 0.2) is 11.0 Å². The fraction of sp³-hybridized carbons (Fsp3) is 0.0345. The van der Waals surface area contributed by atoms with Crippen LogP contribution in [0.2, 0.25) is 10.0 Å². The van der Waals surface area contributed by atoms with Crippen molar-refractivity contribution >= 4 is 46.6 Å². The highest BCUT2D eigenvalue weighted by Gasteiger charge is 2.18. The van der Waals surface area contributed by atoms with Gasteiger partial charge in [-0.05, 0) is 78.9 Å². The lowest BCUT2D eigenvalue weighted by molar-refractivity contribution is -0.113. The number of rotatable bonds is 8. The van der Waals surface area contributed by atoms with E-state index in [0.29, 0.717) is 38.0 Å². The Bertz CT molecular complexity index is 1650. The molecule has 0 atom stereocenters. The van der Waals surface area contributed by atoms with Crippen molar-refractivity contribution in [2.45, 2.75) is 5.16 Å². The number of para-hydroxylation sites is 1. The molecule has 0 bridgehead atoms. The molecule has 1 aromatic heterocycles. The minimum absolute atomic E-state index is 0.0331. The Balaban J connectivity index is 1.41. The van der Waals surface area contributed by atoms with E-state index in [4.69, 9.17) is 27.9 Å². The largest absolute Gasteiger partial charge is 0.457 e. The lowest BCUT2D eigenvalue weighted by Gasteiger charge is -2.12. The van der Waals surface area contributed by atoms with Crippen molar-refractivity contribution in [2.24, 2.45) is 0 Å². The van der Waals surface area contributed by atoms with Crippen LogP contribution in [0.4, 0.5) is 5.69 Å². The fourth-order valence-corrected chi connectivity index (χ4v) is 4.75. The molecule has 0 aliphatic rings. The van der Waals surface area contributed by atoms with E-state index >= 15 is 0 Å². The second-order valence-electron chi connectivity index (χ2n) is 8.20. The minimum atomic E-state index is -0.312. The van der Waals surface area contributed by atoms with Crippen molar-refractivity contribution in [1.29, 1.82) is 5.26 Å². The van der Waals surface area contributed by atoms with E-state index in [9.17, 15) is 10.1 Å². The molecule has 192 valence electrons. The Morgan fingerprint density at radius 3 is 2.31 bits per heavy atom. The molecular weight excluding hydrogens is 553 g/mol. The summed E-state index contributed by atoms with van der Waals surface area (Å²) in [6.07, 6.45) is 0. The van der Waals surface area contributed by atoms with Gasteiger partial charge in [-0.25, -0.2) is 0 Å². The first kappa shape index (κ1) is 26.3. The first-order chi connectivity index (χ1) is 19.0. The molecule has 39 heavy (non-hydrogen) atoms. The summed E-state index contributed by atoms with van der Waals surface area (Å²) in [6.45, 7) is 0. The highest BCUT2D eigenvalue weighted by atomic mass is 35.5. The third kappa shape index (κ3) is 6.41. The van der Waals surface area contributed by atoms with Crippen LogP contribution in [0.15, 0.2) is 102 Å². The van der Waals surface area contributed by atoms with Crippen LogP contribution < -0.4 is 10.1 Å². The zero-order chi connectivity index (χ0) is 27.2. The summed E-state index contributed by atoms with van der Waals surface area (Å²) in [5, 5.41) is 22.4. The first-order valence-electron chi connectivity index (χ1n) is 11.7. The number of halogens is 2. The average Bonchev–Trinajstić information content (AvgIpc) is 3.37. The number of nitrogens with zero attached hydrogens (tertiary/aromatic N) is 4. The summed E-state index contributed by atoms with van der Waals surface area (Å²) in [7, 11) is 0. The number of benzene rings is 4. The van der Waals surface area contributed by atoms with Crippen molar-refractivity contribution in [3.8, 4) is 34.6 Å². The monoisotopic (exact) mass is 571 g/mol. The molecule has 0 aliphatic carbocycles. The van der Waals surface area contributed by atoms with Crippen LogP contribution in [0.25, 0.3) is 17.1 Å². The van der Waals surface area contributed by atoms with Crippen LogP contribution >= 0.6 is 35.0 Å². The Morgan fingerprint density at radius 2 is 1.59 bits per heavy atom. The van der Waals surface area contributed by atoms with Crippen LogP contribution in [0.1, 0.15) is 5.56 Å². The van der Waals surface area contributed by atoms with Crippen molar-refractivity contribution in [3.05, 3.63) is 113 Å². The number of hydrogen-bond acceptors (Lipinski definition) is 6. The van der Waals surface area contributed by atoms with Gasteiger partial charge in [-0.15, -0.1) is 10.2 Å². The molecule has 1 N–H and O–H groups in total. The number of carbonyl (C=O) groups is 1. The lowest BCUT2D eigenvalue weighted by atomic mass is 10.2. The van der Waals surface area contributed by atoms with Gasteiger partial charge in [0, 0.05) is 21.3 Å². The van der Waals surface area contributed by atoms with E-state index in [0.717, 1.165) is 17.0 Å². The van der Waals surface area contributed by atoms with Crippen molar-refractivity contribution in [3.63, 3.8) is 0 Å². The smallest absolute Gasteiger partial charge is 0.234 e.